The molecular weight excluding hydrogens is 347 g/mol. The van der Waals surface area contributed by atoms with Gasteiger partial charge in [-0.2, -0.15) is 0 Å². The van der Waals surface area contributed by atoms with Gasteiger partial charge in [-0.1, -0.05) is 29.3 Å². The maximum atomic E-state index is 13.6. The molecule has 1 heterocycles. The molecule has 0 fully saturated rings. The first-order valence-corrected chi connectivity index (χ1v) is 7.41. The number of aromatic nitrogens is 1. The zero-order valence-electron chi connectivity index (χ0n) is 12.0. The molecule has 1 atom stereocenters. The summed E-state index contributed by atoms with van der Waals surface area (Å²) in [4.78, 5) is 15.8. The average molecular weight is 360 g/mol. The average Bonchev–Trinajstić information content (AvgIpc) is 2.48. The van der Waals surface area contributed by atoms with Crippen LogP contribution in [0.15, 0.2) is 30.5 Å². The van der Waals surface area contributed by atoms with Crippen molar-refractivity contribution in [3.8, 4) is 0 Å². The molecule has 0 saturated carbocycles. The fourth-order valence-electron chi connectivity index (χ4n) is 1.89. The molecule has 8 heteroatoms. The van der Waals surface area contributed by atoms with Gasteiger partial charge in [-0.3, -0.25) is 4.79 Å². The molecular formula is C15H13Cl2F2N3O. The number of halogens is 4. The first-order chi connectivity index (χ1) is 10.9. The van der Waals surface area contributed by atoms with E-state index in [-0.39, 0.29) is 22.9 Å². The minimum Gasteiger partial charge on any atom is -0.308 e. The number of carbonyl (C=O) groups excluding carboxylic acids is 1. The molecule has 2 aromatic rings. The van der Waals surface area contributed by atoms with E-state index < -0.39 is 23.6 Å². The van der Waals surface area contributed by atoms with E-state index in [0.717, 1.165) is 12.1 Å². The SMILES string of the molecule is C[C@H](NCC(=O)Nc1ncc(Cl)cc1Cl)c1ccc(F)cc1F. The van der Waals surface area contributed by atoms with Crippen LogP contribution in [-0.4, -0.2) is 17.4 Å². The molecule has 2 N–H and O–H groups in total. The Morgan fingerprint density at radius 2 is 2.04 bits per heavy atom. The summed E-state index contributed by atoms with van der Waals surface area (Å²) in [6, 6.07) is 4.27. The molecule has 0 aliphatic heterocycles. The Balaban J connectivity index is 1.93. The van der Waals surface area contributed by atoms with Crippen LogP contribution in [-0.2, 0) is 4.79 Å². The lowest BCUT2D eigenvalue weighted by molar-refractivity contribution is -0.115. The van der Waals surface area contributed by atoms with Crippen molar-refractivity contribution in [2.45, 2.75) is 13.0 Å². The van der Waals surface area contributed by atoms with Gasteiger partial charge in [0.2, 0.25) is 5.91 Å². The van der Waals surface area contributed by atoms with E-state index in [2.05, 4.69) is 15.6 Å². The van der Waals surface area contributed by atoms with Crippen molar-refractivity contribution in [1.29, 1.82) is 0 Å². The molecule has 2 rings (SSSR count). The predicted octanol–water partition coefficient (Wildman–Crippen LogP) is 3.96. The van der Waals surface area contributed by atoms with Crippen molar-refractivity contribution in [2.24, 2.45) is 0 Å². The van der Waals surface area contributed by atoms with Crippen LogP contribution in [0.4, 0.5) is 14.6 Å². The molecule has 23 heavy (non-hydrogen) atoms. The van der Waals surface area contributed by atoms with Gasteiger partial charge >= 0.3 is 0 Å². The van der Waals surface area contributed by atoms with Gasteiger partial charge in [0.05, 0.1) is 16.6 Å². The van der Waals surface area contributed by atoms with Gasteiger partial charge in [0, 0.05) is 23.9 Å². The molecule has 122 valence electrons. The van der Waals surface area contributed by atoms with Gasteiger partial charge in [0.15, 0.2) is 5.82 Å². The molecule has 1 aromatic carbocycles. The summed E-state index contributed by atoms with van der Waals surface area (Å²) in [6.07, 6.45) is 1.35. The minimum atomic E-state index is -0.673. The number of hydrogen-bond donors (Lipinski definition) is 2. The Kier molecular flexibility index (Phi) is 5.87. The summed E-state index contributed by atoms with van der Waals surface area (Å²) in [5.41, 5.74) is 0.266. The quantitative estimate of drug-likeness (QED) is 0.849. The second kappa shape index (κ2) is 7.68. The normalized spacial score (nSPS) is 12.0. The van der Waals surface area contributed by atoms with Crippen LogP contribution >= 0.6 is 23.2 Å². The van der Waals surface area contributed by atoms with Crippen LogP contribution < -0.4 is 10.6 Å². The number of pyridine rings is 1. The zero-order chi connectivity index (χ0) is 17.0. The third kappa shape index (κ3) is 4.86. The third-order valence-electron chi connectivity index (χ3n) is 3.06. The van der Waals surface area contributed by atoms with Crippen LogP contribution in [0.1, 0.15) is 18.5 Å². The lowest BCUT2D eigenvalue weighted by atomic mass is 10.1. The van der Waals surface area contributed by atoms with Crippen molar-refractivity contribution in [2.75, 3.05) is 11.9 Å². The van der Waals surface area contributed by atoms with E-state index in [9.17, 15) is 13.6 Å². The Labute approximate surface area is 141 Å². The number of hydrogen-bond acceptors (Lipinski definition) is 3. The fourth-order valence-corrected chi connectivity index (χ4v) is 2.32. The number of anilines is 1. The number of amides is 1. The molecule has 1 aromatic heterocycles. The highest BCUT2D eigenvalue weighted by Crippen LogP contribution is 2.22. The zero-order valence-corrected chi connectivity index (χ0v) is 13.6. The van der Waals surface area contributed by atoms with Crippen LogP contribution in [0, 0.1) is 11.6 Å². The van der Waals surface area contributed by atoms with Gasteiger partial charge in [0.1, 0.15) is 11.6 Å². The van der Waals surface area contributed by atoms with Crippen LogP contribution in [0.25, 0.3) is 0 Å². The van der Waals surface area contributed by atoms with E-state index in [1.807, 2.05) is 0 Å². The molecule has 1 amide bonds. The highest BCUT2D eigenvalue weighted by molar-refractivity contribution is 6.36. The molecule has 0 unspecified atom stereocenters. The van der Waals surface area contributed by atoms with Crippen molar-refractivity contribution in [1.82, 2.24) is 10.3 Å². The minimum absolute atomic E-state index is 0.0986. The largest absolute Gasteiger partial charge is 0.308 e. The van der Waals surface area contributed by atoms with Crippen molar-refractivity contribution < 1.29 is 13.6 Å². The standard InChI is InChI=1S/C15H13Cl2F2N3O/c1-8(11-3-2-10(18)5-13(11)19)20-7-14(23)22-15-12(17)4-9(16)6-21-15/h2-6,8,20H,7H2,1H3,(H,21,22,23)/t8-/m0/s1. The van der Waals surface area contributed by atoms with Crippen LogP contribution in [0.2, 0.25) is 10.0 Å². The van der Waals surface area contributed by atoms with E-state index in [1.54, 1.807) is 6.92 Å². The molecule has 0 saturated heterocycles. The summed E-state index contributed by atoms with van der Waals surface area (Å²) in [6.45, 7) is 1.57. The van der Waals surface area contributed by atoms with Crippen molar-refractivity contribution >= 4 is 34.9 Å². The van der Waals surface area contributed by atoms with Gasteiger partial charge in [-0.05, 0) is 19.1 Å². The monoisotopic (exact) mass is 359 g/mol. The Morgan fingerprint density at radius 3 is 2.70 bits per heavy atom. The predicted molar refractivity (Wildman–Crippen MR) is 85.7 cm³/mol. The second-order valence-electron chi connectivity index (χ2n) is 4.80. The van der Waals surface area contributed by atoms with Gasteiger partial charge < -0.3 is 10.6 Å². The second-order valence-corrected chi connectivity index (χ2v) is 5.64. The number of nitrogens with zero attached hydrogens (tertiary/aromatic N) is 1. The fraction of sp³-hybridized carbons (Fsp3) is 0.200. The maximum Gasteiger partial charge on any atom is 0.239 e. The summed E-state index contributed by atoms with van der Waals surface area (Å²) in [5, 5.41) is 5.91. The van der Waals surface area contributed by atoms with E-state index >= 15 is 0 Å². The number of carbonyl (C=O) groups is 1. The smallest absolute Gasteiger partial charge is 0.239 e. The summed E-state index contributed by atoms with van der Waals surface area (Å²) in [7, 11) is 0. The molecule has 0 radical (unpaired) electrons. The molecule has 4 nitrogen and oxygen atoms in total. The Morgan fingerprint density at radius 1 is 1.30 bits per heavy atom. The Bertz CT molecular complexity index is 728. The van der Waals surface area contributed by atoms with Gasteiger partial charge in [0.25, 0.3) is 0 Å². The maximum absolute atomic E-state index is 13.6. The lowest BCUT2D eigenvalue weighted by Crippen LogP contribution is -2.30. The topological polar surface area (TPSA) is 54.0 Å². The van der Waals surface area contributed by atoms with Crippen molar-refractivity contribution in [3.63, 3.8) is 0 Å². The molecule has 0 aliphatic rings. The van der Waals surface area contributed by atoms with E-state index in [1.165, 1.54) is 18.3 Å². The first kappa shape index (κ1) is 17.6. The van der Waals surface area contributed by atoms with Crippen molar-refractivity contribution in [3.05, 3.63) is 57.7 Å². The summed E-state index contributed by atoms with van der Waals surface area (Å²) in [5.74, 6) is -1.55. The van der Waals surface area contributed by atoms with Crippen LogP contribution in [0.5, 0.6) is 0 Å². The van der Waals surface area contributed by atoms with Gasteiger partial charge in [-0.25, -0.2) is 13.8 Å². The van der Waals surface area contributed by atoms with E-state index in [4.69, 9.17) is 23.2 Å². The molecule has 0 bridgehead atoms. The lowest BCUT2D eigenvalue weighted by Gasteiger charge is -2.15. The van der Waals surface area contributed by atoms with E-state index in [0.29, 0.717) is 5.02 Å². The van der Waals surface area contributed by atoms with Crippen LogP contribution in [0.3, 0.4) is 0 Å². The molecule has 0 spiro atoms. The highest BCUT2D eigenvalue weighted by Gasteiger charge is 2.14. The first-order valence-electron chi connectivity index (χ1n) is 6.66. The highest BCUT2D eigenvalue weighted by atomic mass is 35.5. The summed E-state index contributed by atoms with van der Waals surface area (Å²) >= 11 is 11.6. The number of rotatable bonds is 5. The Hall–Kier alpha value is -1.76. The number of nitrogens with one attached hydrogen (secondary N) is 2. The number of benzene rings is 1. The van der Waals surface area contributed by atoms with Gasteiger partial charge in [-0.15, -0.1) is 0 Å². The third-order valence-corrected chi connectivity index (χ3v) is 3.56. The molecule has 0 aliphatic carbocycles. The summed E-state index contributed by atoms with van der Waals surface area (Å²) < 4.78 is 26.5.